The van der Waals surface area contributed by atoms with E-state index < -0.39 is 23.9 Å². The molecular formula is C26H28N6O3. The minimum atomic E-state index is -0.955. The fourth-order valence-corrected chi connectivity index (χ4v) is 4.35. The van der Waals surface area contributed by atoms with Crippen LogP contribution in [-0.2, 0) is 16.0 Å². The average Bonchev–Trinajstić information content (AvgIpc) is 2.89. The minimum Gasteiger partial charge on any atom is -0.384 e. The quantitative estimate of drug-likeness (QED) is 0.510. The van der Waals surface area contributed by atoms with Crippen LogP contribution in [0.5, 0.6) is 0 Å². The third kappa shape index (κ3) is 4.98. The number of aromatic nitrogens is 2. The number of pyridine rings is 2. The molecule has 3 aromatic rings. The molecule has 3 N–H and O–H groups in total. The molecule has 1 aliphatic rings. The first-order valence-electron chi connectivity index (χ1n) is 11.5. The van der Waals surface area contributed by atoms with Crippen molar-refractivity contribution < 1.29 is 14.4 Å². The van der Waals surface area contributed by atoms with Gasteiger partial charge in [-0.15, -0.1) is 0 Å². The summed E-state index contributed by atoms with van der Waals surface area (Å²) in [6.45, 7) is 1.95. The van der Waals surface area contributed by atoms with E-state index in [9.17, 15) is 14.4 Å². The van der Waals surface area contributed by atoms with Gasteiger partial charge in [-0.1, -0.05) is 37.3 Å². The summed E-state index contributed by atoms with van der Waals surface area (Å²) in [5, 5.41) is 2.93. The first-order valence-corrected chi connectivity index (χ1v) is 11.5. The number of rotatable bonds is 7. The van der Waals surface area contributed by atoms with E-state index in [0.717, 1.165) is 16.0 Å². The molecule has 9 heteroatoms. The number of amides is 4. The number of nitrogens with zero attached hydrogens (tertiary/aromatic N) is 4. The Morgan fingerprint density at radius 2 is 1.83 bits per heavy atom. The van der Waals surface area contributed by atoms with Crippen LogP contribution in [0.4, 0.5) is 16.3 Å². The number of nitrogens with two attached hydrogens (primary N) is 1. The highest BCUT2D eigenvalue weighted by Gasteiger charge is 2.55. The van der Waals surface area contributed by atoms with E-state index in [-0.39, 0.29) is 18.4 Å². The summed E-state index contributed by atoms with van der Waals surface area (Å²) in [5.74, 6) is -1.13. The molecule has 3 heterocycles. The number of nitrogen functional groups attached to an aromatic ring is 1. The van der Waals surface area contributed by atoms with Crippen LogP contribution in [0, 0.1) is 5.92 Å². The summed E-state index contributed by atoms with van der Waals surface area (Å²) in [6, 6.07) is 14.5. The SMILES string of the molecule is CCC(NC(=O)N1C(=O)[C@H](Cc2ccnc(N)c2)[C@H]1C(=O)N(C)c1ccncc1)c1ccccc1. The standard InChI is InChI=1S/C26H28N6O3/c1-3-21(18-7-5-4-6-8-18)30-26(35)32-23(25(34)31(2)19-10-12-28-13-11-19)20(24(32)33)15-17-9-14-29-22(27)16-17/h4-14,16,20-21,23H,3,15H2,1-2H3,(H2,27,29)(H,30,35)/t20-,21?,23+/m1/s1. The van der Waals surface area contributed by atoms with Crippen LogP contribution in [0.3, 0.4) is 0 Å². The molecule has 9 nitrogen and oxygen atoms in total. The number of anilines is 2. The van der Waals surface area contributed by atoms with E-state index in [1.165, 1.54) is 4.90 Å². The molecule has 0 spiro atoms. The number of nitrogens with one attached hydrogen (secondary N) is 1. The van der Waals surface area contributed by atoms with E-state index in [2.05, 4.69) is 15.3 Å². The lowest BCUT2D eigenvalue weighted by atomic mass is 9.81. The summed E-state index contributed by atoms with van der Waals surface area (Å²) in [6.07, 6.45) is 5.62. The summed E-state index contributed by atoms with van der Waals surface area (Å²) in [7, 11) is 1.62. The Hall–Kier alpha value is -4.27. The number of urea groups is 1. The monoisotopic (exact) mass is 472 g/mol. The number of β-lactam (4-membered cyclic amide) rings is 1. The van der Waals surface area contributed by atoms with Crippen LogP contribution in [-0.4, -0.2) is 45.8 Å². The molecular weight excluding hydrogens is 444 g/mol. The Bertz CT molecular complexity index is 1200. The zero-order valence-electron chi connectivity index (χ0n) is 19.7. The van der Waals surface area contributed by atoms with Crippen LogP contribution in [0.15, 0.2) is 73.2 Å². The zero-order valence-corrected chi connectivity index (χ0v) is 19.7. The molecule has 0 aliphatic carbocycles. The first kappa shape index (κ1) is 23.9. The van der Waals surface area contributed by atoms with Gasteiger partial charge in [0.1, 0.15) is 11.9 Å². The number of imide groups is 1. The Labute approximate surface area is 204 Å². The van der Waals surface area contributed by atoms with Gasteiger partial charge in [0.25, 0.3) is 5.91 Å². The van der Waals surface area contributed by atoms with Crippen molar-refractivity contribution >= 4 is 29.4 Å². The molecule has 4 amide bonds. The largest absolute Gasteiger partial charge is 0.384 e. The van der Waals surface area contributed by atoms with E-state index in [0.29, 0.717) is 17.9 Å². The van der Waals surface area contributed by atoms with Crippen LogP contribution in [0.2, 0.25) is 0 Å². The zero-order chi connectivity index (χ0) is 24.9. The van der Waals surface area contributed by atoms with Crippen molar-refractivity contribution in [2.45, 2.75) is 31.8 Å². The van der Waals surface area contributed by atoms with Gasteiger partial charge in [-0.3, -0.25) is 19.5 Å². The first-order chi connectivity index (χ1) is 16.9. The number of hydrogen-bond acceptors (Lipinski definition) is 6. The minimum absolute atomic E-state index is 0.270. The van der Waals surface area contributed by atoms with Gasteiger partial charge >= 0.3 is 6.03 Å². The van der Waals surface area contributed by atoms with Crippen molar-refractivity contribution in [2.75, 3.05) is 17.7 Å². The maximum Gasteiger partial charge on any atom is 0.325 e. The second kappa shape index (κ2) is 10.3. The molecule has 1 aromatic carbocycles. The molecule has 1 saturated heterocycles. The molecule has 1 fully saturated rings. The highest BCUT2D eigenvalue weighted by atomic mass is 16.2. The van der Waals surface area contributed by atoms with Crippen molar-refractivity contribution in [1.82, 2.24) is 20.2 Å². The van der Waals surface area contributed by atoms with Crippen LogP contribution >= 0.6 is 0 Å². The van der Waals surface area contributed by atoms with E-state index in [1.54, 1.807) is 49.9 Å². The van der Waals surface area contributed by atoms with E-state index in [4.69, 9.17) is 5.73 Å². The van der Waals surface area contributed by atoms with E-state index in [1.807, 2.05) is 37.3 Å². The van der Waals surface area contributed by atoms with Gasteiger partial charge < -0.3 is 16.0 Å². The second-order valence-corrected chi connectivity index (χ2v) is 8.48. The molecule has 2 aromatic heterocycles. The lowest BCUT2D eigenvalue weighted by Gasteiger charge is -2.46. The van der Waals surface area contributed by atoms with Crippen LogP contribution in [0.25, 0.3) is 0 Å². The summed E-state index contributed by atoms with van der Waals surface area (Å²) in [5.41, 5.74) is 8.12. The molecule has 0 bridgehead atoms. The normalized spacial score (nSPS) is 17.9. The van der Waals surface area contributed by atoms with Gasteiger partial charge in [0.05, 0.1) is 12.0 Å². The second-order valence-electron chi connectivity index (χ2n) is 8.48. The maximum absolute atomic E-state index is 13.6. The number of likely N-dealkylation sites (N-methyl/N-ethyl adjacent to an activating group) is 1. The highest BCUT2D eigenvalue weighted by molar-refractivity contribution is 6.12. The molecule has 1 unspecified atom stereocenters. The van der Waals surface area contributed by atoms with Gasteiger partial charge in [-0.2, -0.15) is 0 Å². The predicted octanol–water partition coefficient (Wildman–Crippen LogP) is 2.95. The van der Waals surface area contributed by atoms with Crippen LogP contribution < -0.4 is 16.0 Å². The van der Waals surface area contributed by atoms with Gasteiger partial charge in [-0.05, 0) is 48.2 Å². The Morgan fingerprint density at radius 1 is 1.11 bits per heavy atom. The Morgan fingerprint density at radius 3 is 2.49 bits per heavy atom. The number of carbonyl (C=O) groups excluding carboxylic acids is 3. The van der Waals surface area contributed by atoms with Gasteiger partial charge in [0, 0.05) is 31.3 Å². The number of likely N-dealkylation sites (tertiary alicyclic amines) is 1. The lowest BCUT2D eigenvalue weighted by molar-refractivity contribution is -0.156. The van der Waals surface area contributed by atoms with Crippen molar-refractivity contribution in [3.63, 3.8) is 0 Å². The smallest absolute Gasteiger partial charge is 0.325 e. The molecule has 1 aliphatic heterocycles. The Balaban J connectivity index is 1.59. The molecule has 3 atom stereocenters. The molecule has 0 saturated carbocycles. The summed E-state index contributed by atoms with van der Waals surface area (Å²) < 4.78 is 0. The van der Waals surface area contributed by atoms with Crippen molar-refractivity contribution in [1.29, 1.82) is 0 Å². The summed E-state index contributed by atoms with van der Waals surface area (Å²) >= 11 is 0. The molecule has 180 valence electrons. The van der Waals surface area contributed by atoms with Crippen molar-refractivity contribution in [3.05, 3.63) is 84.3 Å². The predicted molar refractivity (Wildman–Crippen MR) is 132 cm³/mol. The fraction of sp³-hybridized carbons (Fsp3) is 0.269. The lowest BCUT2D eigenvalue weighted by Crippen LogP contribution is -2.70. The summed E-state index contributed by atoms with van der Waals surface area (Å²) in [4.78, 5) is 50.5. The van der Waals surface area contributed by atoms with Gasteiger partial charge in [0.2, 0.25) is 5.91 Å². The van der Waals surface area contributed by atoms with Gasteiger partial charge in [0.15, 0.2) is 0 Å². The maximum atomic E-state index is 13.6. The average molecular weight is 473 g/mol. The fourth-order valence-electron chi connectivity index (χ4n) is 4.35. The van der Waals surface area contributed by atoms with Gasteiger partial charge in [-0.25, -0.2) is 9.78 Å². The Kier molecular flexibility index (Phi) is 7.05. The highest BCUT2D eigenvalue weighted by Crippen LogP contribution is 2.33. The molecule has 0 radical (unpaired) electrons. The number of benzene rings is 1. The molecule has 35 heavy (non-hydrogen) atoms. The number of carbonyl (C=O) groups is 3. The van der Waals surface area contributed by atoms with Crippen LogP contribution in [0.1, 0.15) is 30.5 Å². The molecule has 4 rings (SSSR count). The topological polar surface area (TPSA) is 122 Å². The third-order valence-electron chi connectivity index (χ3n) is 6.28. The number of hydrogen-bond donors (Lipinski definition) is 2. The van der Waals surface area contributed by atoms with Crippen molar-refractivity contribution in [2.24, 2.45) is 5.92 Å². The third-order valence-corrected chi connectivity index (χ3v) is 6.28. The van der Waals surface area contributed by atoms with E-state index >= 15 is 0 Å². The van der Waals surface area contributed by atoms with Crippen molar-refractivity contribution in [3.8, 4) is 0 Å².